The topological polar surface area (TPSA) is 164 Å². The van der Waals surface area contributed by atoms with Crippen molar-refractivity contribution in [2.24, 2.45) is 0 Å². The molecule has 12 heteroatoms. The maximum Gasteiger partial charge on any atom is 0.333 e. The van der Waals surface area contributed by atoms with E-state index < -0.39 is 49.2 Å². The zero-order chi connectivity index (χ0) is 20.5. The molecule has 0 aliphatic carbocycles. The van der Waals surface area contributed by atoms with E-state index in [0.717, 1.165) is 6.08 Å². The van der Waals surface area contributed by atoms with Gasteiger partial charge in [0.2, 0.25) is 5.91 Å². The number of carbonyl (C=O) groups is 2. The second-order valence-electron chi connectivity index (χ2n) is 5.51. The molecule has 0 saturated carbocycles. The first-order valence-electron chi connectivity index (χ1n) is 6.66. The summed E-state index contributed by atoms with van der Waals surface area (Å²) >= 11 is 0. The Bertz CT molecular complexity index is 706. The van der Waals surface area contributed by atoms with Gasteiger partial charge in [-0.05, 0) is 26.8 Å². The summed E-state index contributed by atoms with van der Waals surface area (Å²) < 4.78 is 62.4. The number of esters is 1. The highest BCUT2D eigenvalue weighted by Gasteiger charge is 2.25. The molecule has 0 rings (SSSR count). The first-order valence-corrected chi connectivity index (χ1v) is 9.88. The minimum absolute atomic E-state index is 0.185. The molecule has 0 aliphatic rings. The summed E-state index contributed by atoms with van der Waals surface area (Å²) in [5.41, 5.74) is -0.816. The van der Waals surface area contributed by atoms with Crippen molar-refractivity contribution in [2.75, 3.05) is 18.1 Å². The van der Waals surface area contributed by atoms with E-state index in [1.54, 1.807) is 0 Å². The third kappa shape index (κ3) is 18.4. The molecule has 0 bridgehead atoms. The Labute approximate surface area is 147 Å². The van der Waals surface area contributed by atoms with E-state index in [1.165, 1.54) is 20.8 Å². The van der Waals surface area contributed by atoms with E-state index in [2.05, 4.69) is 23.2 Å². The van der Waals surface area contributed by atoms with Crippen LogP contribution < -0.4 is 5.32 Å². The first-order chi connectivity index (χ1) is 11.0. The number of nitrogens with one attached hydrogen (secondary N) is 1. The van der Waals surface area contributed by atoms with Crippen molar-refractivity contribution in [2.45, 2.75) is 26.3 Å². The van der Waals surface area contributed by atoms with Crippen LogP contribution in [0.15, 0.2) is 24.8 Å². The van der Waals surface area contributed by atoms with Crippen molar-refractivity contribution >= 4 is 32.1 Å². The fraction of sp³-hybridized carbons (Fsp3) is 0.538. The third-order valence-electron chi connectivity index (χ3n) is 2.11. The van der Waals surface area contributed by atoms with Crippen molar-refractivity contribution in [1.29, 1.82) is 0 Å². The maximum atomic E-state index is 10.8. The minimum Gasteiger partial charge on any atom is -0.461 e. The van der Waals surface area contributed by atoms with Crippen molar-refractivity contribution in [3.8, 4) is 0 Å². The van der Waals surface area contributed by atoms with E-state index in [4.69, 9.17) is 9.11 Å². The second-order valence-corrected chi connectivity index (χ2v) is 8.53. The number of amides is 1. The van der Waals surface area contributed by atoms with Crippen LogP contribution in [0, 0.1) is 0 Å². The summed E-state index contributed by atoms with van der Waals surface area (Å²) in [4.78, 5) is 21.4. The molecule has 0 spiro atoms. The Morgan fingerprint density at radius 3 is 1.96 bits per heavy atom. The van der Waals surface area contributed by atoms with Crippen LogP contribution in [0.3, 0.4) is 0 Å². The van der Waals surface area contributed by atoms with Crippen molar-refractivity contribution in [1.82, 2.24) is 5.32 Å². The summed E-state index contributed by atoms with van der Waals surface area (Å²) in [6.07, 6.45) is 1.03. The van der Waals surface area contributed by atoms with Crippen LogP contribution in [0.25, 0.3) is 0 Å². The molecule has 0 heterocycles. The number of hydrogen-bond acceptors (Lipinski definition) is 7. The van der Waals surface area contributed by atoms with Crippen molar-refractivity contribution in [3.63, 3.8) is 0 Å². The molecule has 146 valence electrons. The lowest BCUT2D eigenvalue weighted by atomic mass is 10.1. The first kappa shape index (κ1) is 25.5. The van der Waals surface area contributed by atoms with Crippen LogP contribution in [0.1, 0.15) is 20.8 Å². The van der Waals surface area contributed by atoms with Gasteiger partial charge < -0.3 is 10.1 Å². The van der Waals surface area contributed by atoms with E-state index in [9.17, 15) is 26.4 Å². The standard InChI is InChI=1S/C7H13NO4S.C6H10O5S/c1-4-6(9)8-7(2,3)5-13(10,11)12;1-5(2)6(7)11-3-4-12(8,9)10/h4H,1,5H2,2-3H3,(H,8,9)(H,10,11,12);1,3-4H2,2H3,(H,8,9,10). The van der Waals surface area contributed by atoms with Gasteiger partial charge in [-0.1, -0.05) is 13.2 Å². The van der Waals surface area contributed by atoms with Gasteiger partial charge in [0, 0.05) is 5.57 Å². The monoisotopic (exact) mass is 401 g/mol. The molecule has 0 aromatic heterocycles. The lowest BCUT2D eigenvalue weighted by Gasteiger charge is -2.23. The van der Waals surface area contributed by atoms with Crippen LogP contribution in [0.4, 0.5) is 0 Å². The largest absolute Gasteiger partial charge is 0.461 e. The van der Waals surface area contributed by atoms with Crippen molar-refractivity contribution in [3.05, 3.63) is 24.8 Å². The zero-order valence-corrected chi connectivity index (χ0v) is 15.8. The number of hydrogen-bond donors (Lipinski definition) is 3. The fourth-order valence-corrected chi connectivity index (χ4v) is 2.52. The van der Waals surface area contributed by atoms with Gasteiger partial charge in [0.15, 0.2) is 0 Å². The minimum atomic E-state index is -4.08. The van der Waals surface area contributed by atoms with Gasteiger partial charge in [-0.15, -0.1) is 0 Å². The number of carbonyl (C=O) groups excluding carboxylic acids is 2. The van der Waals surface area contributed by atoms with Crippen LogP contribution >= 0.6 is 0 Å². The van der Waals surface area contributed by atoms with Crippen LogP contribution in [0.5, 0.6) is 0 Å². The van der Waals surface area contributed by atoms with E-state index in [-0.39, 0.29) is 12.2 Å². The highest BCUT2D eigenvalue weighted by atomic mass is 32.2. The summed E-state index contributed by atoms with van der Waals surface area (Å²) in [7, 11) is -8.14. The predicted octanol–water partition coefficient (Wildman–Crippen LogP) is -0.0515. The van der Waals surface area contributed by atoms with Crippen LogP contribution in [-0.4, -0.2) is 61.5 Å². The Morgan fingerprint density at radius 2 is 1.64 bits per heavy atom. The normalized spacial score (nSPS) is 11.6. The zero-order valence-electron chi connectivity index (χ0n) is 14.2. The number of ether oxygens (including phenoxy) is 1. The Kier molecular flexibility index (Phi) is 10.5. The molecular formula is C13H23NO9S2. The Hall–Kier alpha value is -1.76. The molecule has 25 heavy (non-hydrogen) atoms. The number of rotatable bonds is 8. The SMILES string of the molecule is C=C(C)C(=O)OCCS(=O)(=O)O.C=CC(=O)NC(C)(C)CS(=O)(=O)O. The molecule has 10 nitrogen and oxygen atoms in total. The van der Waals surface area contributed by atoms with Gasteiger partial charge in [-0.3, -0.25) is 13.9 Å². The average Bonchev–Trinajstić information content (AvgIpc) is 2.33. The molecule has 0 fully saturated rings. The molecule has 0 radical (unpaired) electrons. The van der Waals surface area contributed by atoms with E-state index in [0.29, 0.717) is 0 Å². The van der Waals surface area contributed by atoms with Gasteiger partial charge in [0.25, 0.3) is 20.2 Å². The lowest BCUT2D eigenvalue weighted by Crippen LogP contribution is -2.47. The Balaban J connectivity index is 0. The molecule has 3 N–H and O–H groups in total. The molecule has 0 aromatic rings. The summed E-state index contributed by atoms with van der Waals surface area (Å²) in [6, 6.07) is 0. The molecule has 0 atom stereocenters. The summed E-state index contributed by atoms with van der Waals surface area (Å²) in [5.74, 6) is -2.27. The predicted molar refractivity (Wildman–Crippen MR) is 91.0 cm³/mol. The quantitative estimate of drug-likeness (QED) is 0.287. The summed E-state index contributed by atoms with van der Waals surface area (Å²) in [5, 5.41) is 2.37. The van der Waals surface area contributed by atoms with Gasteiger partial charge in [0.1, 0.15) is 12.4 Å². The molecule has 1 amide bonds. The molecule has 0 saturated heterocycles. The highest BCUT2D eigenvalue weighted by molar-refractivity contribution is 7.86. The highest BCUT2D eigenvalue weighted by Crippen LogP contribution is 2.05. The van der Waals surface area contributed by atoms with Gasteiger partial charge in [0.05, 0.1) is 11.3 Å². The summed E-state index contributed by atoms with van der Waals surface area (Å²) in [6.45, 7) is 10.6. The van der Waals surface area contributed by atoms with Crippen molar-refractivity contribution < 1.29 is 40.3 Å². The molecular weight excluding hydrogens is 378 g/mol. The third-order valence-corrected chi connectivity index (χ3v) is 3.88. The fourth-order valence-electron chi connectivity index (χ4n) is 1.24. The van der Waals surface area contributed by atoms with Gasteiger partial charge in [-0.2, -0.15) is 16.8 Å². The van der Waals surface area contributed by atoms with Gasteiger partial charge in [-0.25, -0.2) is 4.79 Å². The molecule has 0 aliphatic heterocycles. The molecule has 0 aromatic carbocycles. The smallest absolute Gasteiger partial charge is 0.333 e. The van der Waals surface area contributed by atoms with E-state index >= 15 is 0 Å². The average molecular weight is 401 g/mol. The van der Waals surface area contributed by atoms with Crippen LogP contribution in [-0.2, 0) is 34.6 Å². The lowest BCUT2D eigenvalue weighted by molar-refractivity contribution is -0.138. The van der Waals surface area contributed by atoms with E-state index in [1.807, 2.05) is 0 Å². The second kappa shape index (κ2) is 10.3. The Morgan fingerprint density at radius 1 is 1.16 bits per heavy atom. The maximum absolute atomic E-state index is 10.8. The van der Waals surface area contributed by atoms with Crippen LogP contribution in [0.2, 0.25) is 0 Å². The van der Waals surface area contributed by atoms with Gasteiger partial charge >= 0.3 is 5.97 Å². The molecule has 0 unspecified atom stereocenters.